The second kappa shape index (κ2) is 6.39. The molecule has 1 unspecified atom stereocenters. The molecule has 0 fully saturated rings. The van der Waals surface area contributed by atoms with Crippen LogP contribution in [0.15, 0.2) is 48.6 Å². The molecule has 0 saturated carbocycles. The second-order valence-corrected chi connectivity index (χ2v) is 4.60. The van der Waals surface area contributed by atoms with Crippen molar-refractivity contribution in [2.45, 2.75) is 19.9 Å². The zero-order chi connectivity index (χ0) is 13.7. The van der Waals surface area contributed by atoms with Crippen LogP contribution in [0.25, 0.3) is 10.8 Å². The Kier molecular flexibility index (Phi) is 4.58. The smallest absolute Gasteiger partial charge is 0.132 e. The van der Waals surface area contributed by atoms with Crippen molar-refractivity contribution in [3.63, 3.8) is 0 Å². The van der Waals surface area contributed by atoms with E-state index in [0.29, 0.717) is 6.61 Å². The summed E-state index contributed by atoms with van der Waals surface area (Å²) in [5.74, 6) is 0.984. The largest absolute Gasteiger partial charge is 0.489 e. The van der Waals surface area contributed by atoms with Gasteiger partial charge in [0.05, 0.1) is 0 Å². The van der Waals surface area contributed by atoms with E-state index in [2.05, 4.69) is 48.6 Å². The third-order valence-electron chi connectivity index (χ3n) is 3.37. The Morgan fingerprint density at radius 1 is 1.21 bits per heavy atom. The first-order valence-corrected chi connectivity index (χ1v) is 6.70. The van der Waals surface area contributed by atoms with Gasteiger partial charge in [0.25, 0.3) is 0 Å². The van der Waals surface area contributed by atoms with Crippen LogP contribution in [0.3, 0.4) is 0 Å². The molecule has 0 aliphatic heterocycles. The maximum absolute atomic E-state index is 5.99. The number of rotatable bonds is 5. The summed E-state index contributed by atoms with van der Waals surface area (Å²) in [5, 5.41) is 5.66. The normalized spacial score (nSPS) is 13.0. The summed E-state index contributed by atoms with van der Waals surface area (Å²) < 4.78 is 5.99. The van der Waals surface area contributed by atoms with E-state index in [4.69, 9.17) is 4.74 Å². The molecule has 0 saturated heterocycles. The van der Waals surface area contributed by atoms with Crippen molar-refractivity contribution in [2.75, 3.05) is 13.7 Å². The SMILES string of the molecule is C/C=C/COc1c(C(C)NC)ccc2ccccc12. The molecule has 1 atom stereocenters. The molecule has 2 rings (SSSR count). The fourth-order valence-electron chi connectivity index (χ4n) is 2.15. The van der Waals surface area contributed by atoms with E-state index < -0.39 is 0 Å². The molecule has 0 bridgehead atoms. The van der Waals surface area contributed by atoms with Crippen LogP contribution in [0.2, 0.25) is 0 Å². The molecule has 0 aliphatic rings. The minimum atomic E-state index is 0.269. The van der Waals surface area contributed by atoms with Gasteiger partial charge in [-0.05, 0) is 26.3 Å². The molecule has 0 radical (unpaired) electrons. The summed E-state index contributed by atoms with van der Waals surface area (Å²) in [7, 11) is 1.97. The molecule has 0 amide bonds. The van der Waals surface area contributed by atoms with Crippen LogP contribution in [0.4, 0.5) is 0 Å². The molecule has 2 aromatic rings. The number of hydrogen-bond donors (Lipinski definition) is 1. The van der Waals surface area contributed by atoms with E-state index in [9.17, 15) is 0 Å². The van der Waals surface area contributed by atoms with Gasteiger partial charge in [-0.2, -0.15) is 0 Å². The van der Waals surface area contributed by atoms with Gasteiger partial charge >= 0.3 is 0 Å². The van der Waals surface area contributed by atoms with E-state index in [-0.39, 0.29) is 6.04 Å². The Labute approximate surface area is 115 Å². The summed E-state index contributed by atoms with van der Waals surface area (Å²) in [6, 6.07) is 12.9. The monoisotopic (exact) mass is 255 g/mol. The fraction of sp³-hybridized carbons (Fsp3) is 0.294. The molecule has 100 valence electrons. The van der Waals surface area contributed by atoms with Gasteiger partial charge in [0, 0.05) is 17.0 Å². The van der Waals surface area contributed by atoms with Gasteiger partial charge in [0.15, 0.2) is 0 Å². The highest BCUT2D eigenvalue weighted by Gasteiger charge is 2.13. The van der Waals surface area contributed by atoms with Gasteiger partial charge < -0.3 is 10.1 Å². The molecule has 0 aliphatic carbocycles. The highest BCUT2D eigenvalue weighted by Crippen LogP contribution is 2.33. The minimum absolute atomic E-state index is 0.269. The predicted molar refractivity (Wildman–Crippen MR) is 81.7 cm³/mol. The lowest BCUT2D eigenvalue weighted by Crippen LogP contribution is -2.14. The Morgan fingerprint density at radius 2 is 2.00 bits per heavy atom. The van der Waals surface area contributed by atoms with Gasteiger partial charge in [-0.15, -0.1) is 0 Å². The molecule has 0 spiro atoms. The van der Waals surface area contributed by atoms with Crippen molar-refractivity contribution in [1.82, 2.24) is 5.32 Å². The third kappa shape index (κ3) is 2.96. The molecule has 0 aromatic heterocycles. The van der Waals surface area contributed by atoms with Crippen LogP contribution in [0.1, 0.15) is 25.5 Å². The summed E-state index contributed by atoms with van der Waals surface area (Å²) in [5.41, 5.74) is 1.20. The maximum Gasteiger partial charge on any atom is 0.132 e. The van der Waals surface area contributed by atoms with E-state index >= 15 is 0 Å². The fourth-order valence-corrected chi connectivity index (χ4v) is 2.15. The summed E-state index contributed by atoms with van der Waals surface area (Å²) in [4.78, 5) is 0. The molecular weight excluding hydrogens is 234 g/mol. The van der Waals surface area contributed by atoms with Crippen LogP contribution in [0.5, 0.6) is 5.75 Å². The first kappa shape index (κ1) is 13.6. The van der Waals surface area contributed by atoms with Crippen LogP contribution < -0.4 is 10.1 Å². The Morgan fingerprint density at radius 3 is 2.74 bits per heavy atom. The van der Waals surface area contributed by atoms with Crippen LogP contribution in [0, 0.1) is 0 Å². The molecule has 1 N–H and O–H groups in total. The van der Waals surface area contributed by atoms with E-state index in [0.717, 1.165) is 5.75 Å². The second-order valence-electron chi connectivity index (χ2n) is 4.60. The Hall–Kier alpha value is -1.80. The first-order chi connectivity index (χ1) is 9.27. The summed E-state index contributed by atoms with van der Waals surface area (Å²) in [6.45, 7) is 4.75. The van der Waals surface area contributed by atoms with Crippen LogP contribution >= 0.6 is 0 Å². The Balaban J connectivity index is 2.51. The topological polar surface area (TPSA) is 21.3 Å². The lowest BCUT2D eigenvalue weighted by atomic mass is 10.0. The lowest BCUT2D eigenvalue weighted by molar-refractivity contribution is 0.359. The highest BCUT2D eigenvalue weighted by molar-refractivity contribution is 5.89. The van der Waals surface area contributed by atoms with E-state index in [1.165, 1.54) is 16.3 Å². The number of ether oxygens (including phenoxy) is 1. The predicted octanol–water partition coefficient (Wildman–Crippen LogP) is 4.08. The van der Waals surface area contributed by atoms with Crippen LogP contribution in [-0.2, 0) is 0 Å². The van der Waals surface area contributed by atoms with Crippen molar-refractivity contribution in [2.24, 2.45) is 0 Å². The molecular formula is C17H21NO. The van der Waals surface area contributed by atoms with Gasteiger partial charge in [-0.1, -0.05) is 48.6 Å². The summed E-state index contributed by atoms with van der Waals surface area (Å²) >= 11 is 0. The number of fused-ring (bicyclic) bond motifs is 1. The minimum Gasteiger partial charge on any atom is -0.489 e. The Bertz CT molecular complexity index is 574. The van der Waals surface area contributed by atoms with E-state index in [1.54, 1.807) is 0 Å². The van der Waals surface area contributed by atoms with Gasteiger partial charge in [-0.25, -0.2) is 0 Å². The number of benzene rings is 2. The number of hydrogen-bond acceptors (Lipinski definition) is 2. The molecule has 2 nitrogen and oxygen atoms in total. The van der Waals surface area contributed by atoms with Crippen molar-refractivity contribution >= 4 is 10.8 Å². The molecule has 2 heteroatoms. The molecule has 0 heterocycles. The quantitative estimate of drug-likeness (QED) is 0.813. The zero-order valence-electron chi connectivity index (χ0n) is 11.8. The van der Waals surface area contributed by atoms with Crippen molar-refractivity contribution in [1.29, 1.82) is 0 Å². The average molecular weight is 255 g/mol. The maximum atomic E-state index is 5.99. The average Bonchev–Trinajstić information content (AvgIpc) is 2.46. The highest BCUT2D eigenvalue weighted by atomic mass is 16.5. The molecule has 19 heavy (non-hydrogen) atoms. The van der Waals surface area contributed by atoms with Gasteiger partial charge in [0.1, 0.15) is 12.4 Å². The van der Waals surface area contributed by atoms with Crippen molar-refractivity contribution < 1.29 is 4.74 Å². The zero-order valence-corrected chi connectivity index (χ0v) is 11.8. The molecule has 2 aromatic carbocycles. The third-order valence-corrected chi connectivity index (χ3v) is 3.37. The lowest BCUT2D eigenvalue weighted by Gasteiger charge is -2.18. The summed E-state index contributed by atoms with van der Waals surface area (Å²) in [6.07, 6.45) is 4.03. The van der Waals surface area contributed by atoms with Gasteiger partial charge in [0.2, 0.25) is 0 Å². The van der Waals surface area contributed by atoms with Crippen LogP contribution in [-0.4, -0.2) is 13.7 Å². The van der Waals surface area contributed by atoms with Crippen molar-refractivity contribution in [3.8, 4) is 5.75 Å². The van der Waals surface area contributed by atoms with Gasteiger partial charge in [-0.3, -0.25) is 0 Å². The first-order valence-electron chi connectivity index (χ1n) is 6.70. The number of nitrogens with one attached hydrogen (secondary N) is 1. The standard InChI is InChI=1S/C17H21NO/c1-4-5-12-19-17-15(13(2)18-3)11-10-14-8-6-7-9-16(14)17/h4-11,13,18H,12H2,1-3H3/b5-4+. The number of allylic oxidation sites excluding steroid dienone is 1. The van der Waals surface area contributed by atoms with Crippen molar-refractivity contribution in [3.05, 3.63) is 54.1 Å². The van der Waals surface area contributed by atoms with E-state index in [1.807, 2.05) is 26.1 Å².